The van der Waals surface area contributed by atoms with Crippen LogP contribution in [0.4, 0.5) is 5.69 Å². The van der Waals surface area contributed by atoms with Crippen molar-refractivity contribution in [2.75, 3.05) is 11.9 Å². The molecule has 26 heavy (non-hydrogen) atoms. The van der Waals surface area contributed by atoms with Crippen molar-refractivity contribution in [2.45, 2.75) is 45.6 Å². The molecular weight excluding hydrogens is 324 g/mol. The van der Waals surface area contributed by atoms with E-state index in [4.69, 9.17) is 0 Å². The molecule has 0 saturated carbocycles. The van der Waals surface area contributed by atoms with Crippen LogP contribution in [0.2, 0.25) is 0 Å². The van der Waals surface area contributed by atoms with Crippen LogP contribution in [0, 0.1) is 0 Å². The van der Waals surface area contributed by atoms with Gasteiger partial charge in [0, 0.05) is 31.6 Å². The number of hydrogen-bond donors (Lipinski definition) is 1. The van der Waals surface area contributed by atoms with Gasteiger partial charge in [-0.1, -0.05) is 50.2 Å². The maximum atomic E-state index is 12.4. The molecular formula is C22H26N2O2. The average Bonchev–Trinajstić information content (AvgIpc) is 2.66. The smallest absolute Gasteiger partial charge is 0.224 e. The van der Waals surface area contributed by atoms with Crippen molar-refractivity contribution < 1.29 is 9.59 Å². The first kappa shape index (κ1) is 18.2. The quantitative estimate of drug-likeness (QED) is 0.882. The summed E-state index contributed by atoms with van der Waals surface area (Å²) >= 11 is 0. The van der Waals surface area contributed by atoms with E-state index in [1.807, 2.05) is 41.3 Å². The molecule has 136 valence electrons. The van der Waals surface area contributed by atoms with Gasteiger partial charge in [0.05, 0.1) is 0 Å². The molecule has 4 heteroatoms. The maximum absolute atomic E-state index is 12.4. The van der Waals surface area contributed by atoms with Crippen LogP contribution in [0.1, 0.15) is 49.3 Å². The predicted molar refractivity (Wildman–Crippen MR) is 104 cm³/mol. The number of amides is 2. The summed E-state index contributed by atoms with van der Waals surface area (Å²) in [6.45, 7) is 5.65. The van der Waals surface area contributed by atoms with Crippen LogP contribution in [0.5, 0.6) is 0 Å². The monoisotopic (exact) mass is 350 g/mol. The molecule has 0 unspecified atom stereocenters. The molecule has 2 aromatic rings. The van der Waals surface area contributed by atoms with E-state index in [0.717, 1.165) is 18.7 Å². The molecule has 0 fully saturated rings. The van der Waals surface area contributed by atoms with Crippen LogP contribution < -0.4 is 5.32 Å². The summed E-state index contributed by atoms with van der Waals surface area (Å²) in [5.41, 5.74) is 4.54. The van der Waals surface area contributed by atoms with Crippen molar-refractivity contribution in [1.82, 2.24) is 4.90 Å². The Kier molecular flexibility index (Phi) is 5.71. The van der Waals surface area contributed by atoms with Crippen molar-refractivity contribution in [1.29, 1.82) is 0 Å². The third-order valence-electron chi connectivity index (χ3n) is 4.91. The minimum atomic E-state index is -0.118. The highest BCUT2D eigenvalue weighted by molar-refractivity contribution is 5.93. The predicted octanol–water partition coefficient (Wildman–Crippen LogP) is 4.11. The van der Waals surface area contributed by atoms with Gasteiger partial charge in [0.1, 0.15) is 0 Å². The molecule has 0 bridgehead atoms. The first-order valence-corrected chi connectivity index (χ1v) is 9.27. The Bertz CT molecular complexity index is 781. The molecule has 0 spiro atoms. The number of rotatable bonds is 5. The molecule has 0 radical (unpaired) electrons. The Morgan fingerprint density at radius 2 is 1.69 bits per heavy atom. The minimum Gasteiger partial charge on any atom is -0.338 e. The lowest BCUT2D eigenvalue weighted by Gasteiger charge is -2.28. The molecule has 0 atom stereocenters. The first-order valence-electron chi connectivity index (χ1n) is 9.27. The number of carbonyl (C=O) groups is 2. The highest BCUT2D eigenvalue weighted by atomic mass is 16.2. The number of carbonyl (C=O) groups excluding carboxylic acids is 2. The molecule has 1 heterocycles. The molecule has 1 aliphatic rings. The van der Waals surface area contributed by atoms with Gasteiger partial charge in [-0.3, -0.25) is 9.59 Å². The maximum Gasteiger partial charge on any atom is 0.224 e. The van der Waals surface area contributed by atoms with E-state index in [-0.39, 0.29) is 24.7 Å². The molecule has 3 rings (SSSR count). The lowest BCUT2D eigenvalue weighted by Crippen LogP contribution is -2.36. The minimum absolute atomic E-state index is 0.0461. The van der Waals surface area contributed by atoms with E-state index in [9.17, 15) is 9.59 Å². The van der Waals surface area contributed by atoms with Crippen molar-refractivity contribution >= 4 is 17.5 Å². The van der Waals surface area contributed by atoms with Crippen molar-refractivity contribution in [3.05, 3.63) is 65.2 Å². The van der Waals surface area contributed by atoms with E-state index in [0.29, 0.717) is 12.5 Å². The van der Waals surface area contributed by atoms with Gasteiger partial charge in [0.15, 0.2) is 0 Å². The molecule has 4 nitrogen and oxygen atoms in total. The van der Waals surface area contributed by atoms with Gasteiger partial charge in [0.25, 0.3) is 0 Å². The summed E-state index contributed by atoms with van der Waals surface area (Å²) in [6, 6.07) is 16.1. The van der Waals surface area contributed by atoms with Crippen LogP contribution in [0.3, 0.4) is 0 Å². The standard InChI is InChI=1S/C22H26N2O2/c1-16(2)17-7-9-20(10-8-17)23-21(25)11-12-22(26)24-14-13-18-5-3-4-6-19(18)15-24/h3-10,16H,11-15H2,1-2H3,(H,23,25). The summed E-state index contributed by atoms with van der Waals surface area (Å²) in [6.07, 6.45) is 1.34. The largest absolute Gasteiger partial charge is 0.338 e. The Balaban J connectivity index is 1.48. The molecule has 0 aliphatic carbocycles. The van der Waals surface area contributed by atoms with E-state index in [2.05, 4.69) is 31.3 Å². The normalized spacial score (nSPS) is 13.4. The Labute approximate surface area is 155 Å². The number of anilines is 1. The van der Waals surface area contributed by atoms with Crippen molar-refractivity contribution in [3.8, 4) is 0 Å². The first-order chi connectivity index (χ1) is 12.5. The number of hydrogen-bond acceptors (Lipinski definition) is 2. The van der Waals surface area contributed by atoms with Crippen molar-refractivity contribution in [2.24, 2.45) is 0 Å². The average molecular weight is 350 g/mol. The fraction of sp³-hybridized carbons (Fsp3) is 0.364. The van der Waals surface area contributed by atoms with E-state index < -0.39 is 0 Å². The third-order valence-corrected chi connectivity index (χ3v) is 4.91. The molecule has 1 aliphatic heterocycles. The number of nitrogens with one attached hydrogen (secondary N) is 1. The summed E-state index contributed by atoms with van der Waals surface area (Å²) in [5.74, 6) is 0.393. The number of fused-ring (bicyclic) bond motifs is 1. The topological polar surface area (TPSA) is 49.4 Å². The lowest BCUT2D eigenvalue weighted by molar-refractivity contribution is -0.133. The summed E-state index contributed by atoms with van der Waals surface area (Å²) in [5, 5.41) is 2.87. The second kappa shape index (κ2) is 8.17. The fourth-order valence-electron chi connectivity index (χ4n) is 3.26. The van der Waals surface area contributed by atoms with Crippen LogP contribution in [-0.4, -0.2) is 23.3 Å². The summed E-state index contributed by atoms with van der Waals surface area (Å²) < 4.78 is 0. The SMILES string of the molecule is CC(C)c1ccc(NC(=O)CCC(=O)N2CCc3ccccc3C2)cc1. The van der Waals surface area contributed by atoms with Crippen LogP contribution in [-0.2, 0) is 22.6 Å². The molecule has 0 aromatic heterocycles. The van der Waals surface area contributed by atoms with Gasteiger partial charge in [-0.2, -0.15) is 0 Å². The van der Waals surface area contributed by atoms with Gasteiger partial charge in [-0.25, -0.2) is 0 Å². The van der Waals surface area contributed by atoms with Gasteiger partial charge < -0.3 is 10.2 Å². The third kappa shape index (κ3) is 4.51. The fourth-order valence-corrected chi connectivity index (χ4v) is 3.26. The highest BCUT2D eigenvalue weighted by Gasteiger charge is 2.20. The second-order valence-electron chi connectivity index (χ2n) is 7.16. The van der Waals surface area contributed by atoms with Crippen molar-refractivity contribution in [3.63, 3.8) is 0 Å². The molecule has 2 aromatic carbocycles. The number of nitrogens with zero attached hydrogens (tertiary/aromatic N) is 1. The second-order valence-corrected chi connectivity index (χ2v) is 7.16. The zero-order chi connectivity index (χ0) is 18.5. The zero-order valence-corrected chi connectivity index (χ0v) is 15.5. The van der Waals surface area contributed by atoms with Gasteiger partial charge in [0.2, 0.25) is 11.8 Å². The Hall–Kier alpha value is -2.62. The van der Waals surface area contributed by atoms with Crippen LogP contribution >= 0.6 is 0 Å². The van der Waals surface area contributed by atoms with Gasteiger partial charge in [-0.15, -0.1) is 0 Å². The Morgan fingerprint density at radius 1 is 1.00 bits per heavy atom. The van der Waals surface area contributed by atoms with Crippen LogP contribution in [0.25, 0.3) is 0 Å². The Morgan fingerprint density at radius 3 is 2.38 bits per heavy atom. The zero-order valence-electron chi connectivity index (χ0n) is 15.5. The van der Waals surface area contributed by atoms with Crippen LogP contribution in [0.15, 0.2) is 48.5 Å². The molecule has 2 amide bonds. The van der Waals surface area contributed by atoms with E-state index in [1.165, 1.54) is 16.7 Å². The van der Waals surface area contributed by atoms with Gasteiger partial charge in [-0.05, 0) is 41.2 Å². The van der Waals surface area contributed by atoms with E-state index >= 15 is 0 Å². The van der Waals surface area contributed by atoms with Gasteiger partial charge >= 0.3 is 0 Å². The highest BCUT2D eigenvalue weighted by Crippen LogP contribution is 2.20. The summed E-state index contributed by atoms with van der Waals surface area (Å²) in [4.78, 5) is 26.4. The number of benzene rings is 2. The molecule has 1 N–H and O–H groups in total. The lowest BCUT2D eigenvalue weighted by atomic mass is 9.99. The molecule has 0 saturated heterocycles. The van der Waals surface area contributed by atoms with E-state index in [1.54, 1.807) is 0 Å². The summed E-state index contributed by atoms with van der Waals surface area (Å²) in [7, 11) is 0.